The van der Waals surface area contributed by atoms with Gasteiger partial charge in [-0.1, -0.05) is 0 Å². The second-order valence-electron chi connectivity index (χ2n) is 5.22. The van der Waals surface area contributed by atoms with Gasteiger partial charge in [-0.25, -0.2) is 9.97 Å². The summed E-state index contributed by atoms with van der Waals surface area (Å²) in [6, 6.07) is 2.63. The molecular formula is C13H20N4O. The maximum absolute atomic E-state index is 5.65. The maximum Gasteiger partial charge on any atom is 0.132 e. The SMILES string of the molecule is CNC1CN(c2cc(COCC3CC3)ncn2)C1. The van der Waals surface area contributed by atoms with Crippen LogP contribution < -0.4 is 10.2 Å². The van der Waals surface area contributed by atoms with Gasteiger partial charge in [-0.2, -0.15) is 0 Å². The maximum atomic E-state index is 5.65. The van der Waals surface area contributed by atoms with E-state index in [4.69, 9.17) is 4.74 Å². The molecule has 0 radical (unpaired) electrons. The average Bonchev–Trinajstić information content (AvgIpc) is 3.12. The Bertz CT molecular complexity index is 402. The summed E-state index contributed by atoms with van der Waals surface area (Å²) in [6.45, 7) is 3.53. The smallest absolute Gasteiger partial charge is 0.132 e. The highest BCUT2D eigenvalue weighted by Crippen LogP contribution is 2.29. The topological polar surface area (TPSA) is 50.3 Å². The number of hydrogen-bond acceptors (Lipinski definition) is 5. The van der Waals surface area contributed by atoms with Crippen LogP contribution in [0.2, 0.25) is 0 Å². The zero-order valence-corrected chi connectivity index (χ0v) is 10.8. The van der Waals surface area contributed by atoms with E-state index in [1.54, 1.807) is 6.33 Å². The molecule has 1 aliphatic carbocycles. The molecule has 18 heavy (non-hydrogen) atoms. The van der Waals surface area contributed by atoms with Crippen LogP contribution in [0.4, 0.5) is 5.82 Å². The summed E-state index contributed by atoms with van der Waals surface area (Å²) in [6.07, 6.45) is 4.29. The predicted molar refractivity (Wildman–Crippen MR) is 69.5 cm³/mol. The molecule has 2 fully saturated rings. The van der Waals surface area contributed by atoms with E-state index < -0.39 is 0 Å². The highest BCUT2D eigenvalue weighted by atomic mass is 16.5. The third kappa shape index (κ3) is 2.79. The number of hydrogen-bond donors (Lipinski definition) is 1. The largest absolute Gasteiger partial charge is 0.375 e. The van der Waals surface area contributed by atoms with Gasteiger partial charge < -0.3 is 15.0 Å². The molecule has 0 aromatic carbocycles. The molecule has 0 spiro atoms. The van der Waals surface area contributed by atoms with Crippen molar-refractivity contribution in [3.05, 3.63) is 18.1 Å². The summed E-state index contributed by atoms with van der Waals surface area (Å²) in [5, 5.41) is 3.26. The summed E-state index contributed by atoms with van der Waals surface area (Å²) in [7, 11) is 2.00. The zero-order valence-electron chi connectivity index (χ0n) is 10.8. The molecule has 0 amide bonds. The number of nitrogens with one attached hydrogen (secondary N) is 1. The molecule has 1 saturated carbocycles. The number of rotatable bonds is 6. The molecule has 1 aliphatic heterocycles. The number of aromatic nitrogens is 2. The summed E-state index contributed by atoms with van der Waals surface area (Å²) in [5.74, 6) is 1.82. The van der Waals surface area contributed by atoms with E-state index in [9.17, 15) is 0 Å². The summed E-state index contributed by atoms with van der Waals surface area (Å²) in [4.78, 5) is 10.8. The summed E-state index contributed by atoms with van der Waals surface area (Å²) < 4.78 is 5.65. The minimum absolute atomic E-state index is 0.592. The molecule has 2 aliphatic rings. The van der Waals surface area contributed by atoms with E-state index in [0.717, 1.165) is 37.1 Å². The Kier molecular flexibility index (Phi) is 3.43. The van der Waals surface area contributed by atoms with Gasteiger partial charge in [-0.05, 0) is 25.8 Å². The molecule has 5 heteroatoms. The first-order chi connectivity index (χ1) is 8.85. The van der Waals surface area contributed by atoms with Crippen LogP contribution >= 0.6 is 0 Å². The normalized spacial score (nSPS) is 19.9. The molecule has 1 N–H and O–H groups in total. The van der Waals surface area contributed by atoms with E-state index in [1.165, 1.54) is 12.8 Å². The van der Waals surface area contributed by atoms with Crippen molar-refractivity contribution in [2.45, 2.75) is 25.5 Å². The van der Waals surface area contributed by atoms with E-state index in [-0.39, 0.29) is 0 Å². The van der Waals surface area contributed by atoms with Crippen LogP contribution in [-0.2, 0) is 11.3 Å². The minimum Gasteiger partial charge on any atom is -0.375 e. The highest BCUT2D eigenvalue weighted by molar-refractivity contribution is 5.42. The summed E-state index contributed by atoms with van der Waals surface area (Å²) in [5.41, 5.74) is 0.980. The van der Waals surface area contributed by atoms with E-state index in [2.05, 4.69) is 20.2 Å². The number of likely N-dealkylation sites (N-methyl/N-ethyl adjacent to an activating group) is 1. The molecule has 0 bridgehead atoms. The van der Waals surface area contributed by atoms with Crippen LogP contribution in [0.25, 0.3) is 0 Å². The van der Waals surface area contributed by atoms with Crippen molar-refractivity contribution in [3.63, 3.8) is 0 Å². The van der Waals surface area contributed by atoms with Gasteiger partial charge >= 0.3 is 0 Å². The lowest BCUT2D eigenvalue weighted by Crippen LogP contribution is -2.57. The first-order valence-corrected chi connectivity index (χ1v) is 6.66. The quantitative estimate of drug-likeness (QED) is 0.807. The Labute approximate surface area is 108 Å². The van der Waals surface area contributed by atoms with Crippen LogP contribution in [0.15, 0.2) is 12.4 Å². The predicted octanol–water partition coefficient (Wildman–Crippen LogP) is 0.811. The number of nitrogens with zero attached hydrogens (tertiary/aromatic N) is 3. The lowest BCUT2D eigenvalue weighted by atomic mass is 10.1. The van der Waals surface area contributed by atoms with Crippen LogP contribution in [0.5, 0.6) is 0 Å². The fraction of sp³-hybridized carbons (Fsp3) is 0.692. The van der Waals surface area contributed by atoms with Crippen molar-refractivity contribution in [1.82, 2.24) is 15.3 Å². The van der Waals surface area contributed by atoms with Crippen molar-refractivity contribution in [3.8, 4) is 0 Å². The van der Waals surface area contributed by atoms with Crippen LogP contribution in [0, 0.1) is 5.92 Å². The molecule has 1 saturated heterocycles. The molecule has 0 unspecified atom stereocenters. The van der Waals surface area contributed by atoms with Crippen LogP contribution in [0.1, 0.15) is 18.5 Å². The van der Waals surface area contributed by atoms with Gasteiger partial charge in [0, 0.05) is 31.8 Å². The highest BCUT2D eigenvalue weighted by Gasteiger charge is 2.26. The first-order valence-electron chi connectivity index (χ1n) is 6.66. The second kappa shape index (κ2) is 5.20. The molecule has 1 aromatic rings. The van der Waals surface area contributed by atoms with Crippen LogP contribution in [-0.4, -0.2) is 42.8 Å². The Morgan fingerprint density at radius 3 is 2.94 bits per heavy atom. The second-order valence-corrected chi connectivity index (χ2v) is 5.22. The van der Waals surface area contributed by atoms with Crippen molar-refractivity contribution in [2.24, 2.45) is 5.92 Å². The molecule has 3 rings (SSSR count). The molecular weight excluding hydrogens is 228 g/mol. The van der Waals surface area contributed by atoms with E-state index in [1.807, 2.05) is 13.1 Å². The third-order valence-electron chi connectivity index (χ3n) is 3.62. The number of anilines is 1. The minimum atomic E-state index is 0.592. The monoisotopic (exact) mass is 248 g/mol. The Morgan fingerprint density at radius 1 is 1.39 bits per heavy atom. The Morgan fingerprint density at radius 2 is 2.22 bits per heavy atom. The fourth-order valence-corrected chi connectivity index (χ4v) is 2.10. The van der Waals surface area contributed by atoms with Gasteiger partial charge in [0.05, 0.1) is 12.3 Å². The van der Waals surface area contributed by atoms with Gasteiger partial charge in [0.2, 0.25) is 0 Å². The van der Waals surface area contributed by atoms with Gasteiger partial charge in [0.15, 0.2) is 0 Å². The number of ether oxygens (including phenoxy) is 1. The average molecular weight is 248 g/mol. The lowest BCUT2D eigenvalue weighted by molar-refractivity contribution is 0.108. The third-order valence-corrected chi connectivity index (χ3v) is 3.62. The first kappa shape index (κ1) is 11.9. The van der Waals surface area contributed by atoms with E-state index >= 15 is 0 Å². The summed E-state index contributed by atoms with van der Waals surface area (Å²) >= 11 is 0. The molecule has 2 heterocycles. The van der Waals surface area contributed by atoms with Gasteiger partial charge in [0.25, 0.3) is 0 Å². The Hall–Kier alpha value is -1.20. The Balaban J connectivity index is 1.52. The van der Waals surface area contributed by atoms with Gasteiger partial charge in [-0.15, -0.1) is 0 Å². The van der Waals surface area contributed by atoms with Crippen molar-refractivity contribution < 1.29 is 4.74 Å². The molecule has 0 atom stereocenters. The molecule has 1 aromatic heterocycles. The lowest BCUT2D eigenvalue weighted by Gasteiger charge is -2.39. The van der Waals surface area contributed by atoms with Gasteiger partial charge in [-0.3, -0.25) is 0 Å². The fourth-order valence-electron chi connectivity index (χ4n) is 2.10. The van der Waals surface area contributed by atoms with Crippen molar-refractivity contribution in [1.29, 1.82) is 0 Å². The van der Waals surface area contributed by atoms with Crippen molar-refractivity contribution >= 4 is 5.82 Å². The molecule has 5 nitrogen and oxygen atoms in total. The van der Waals surface area contributed by atoms with Gasteiger partial charge in [0.1, 0.15) is 12.1 Å². The standard InChI is InChI=1S/C13H20N4O/c1-14-12-5-17(6-12)13-4-11(15-9-16-13)8-18-7-10-2-3-10/h4,9-10,12,14H,2-3,5-8H2,1H3. The van der Waals surface area contributed by atoms with E-state index in [0.29, 0.717) is 12.6 Å². The molecule has 98 valence electrons. The zero-order chi connectivity index (χ0) is 12.4. The van der Waals surface area contributed by atoms with Crippen LogP contribution in [0.3, 0.4) is 0 Å². The van der Waals surface area contributed by atoms with Crippen molar-refractivity contribution in [2.75, 3.05) is 31.6 Å².